The van der Waals surface area contributed by atoms with Crippen LogP contribution < -0.4 is 0 Å². The van der Waals surface area contributed by atoms with Crippen molar-refractivity contribution >= 4 is 11.6 Å². The zero-order valence-electron chi connectivity index (χ0n) is 17.9. The van der Waals surface area contributed by atoms with Crippen molar-refractivity contribution in [1.29, 1.82) is 0 Å². The highest BCUT2D eigenvalue weighted by atomic mass is 16.5. The third-order valence-electron chi connectivity index (χ3n) is 6.82. The summed E-state index contributed by atoms with van der Waals surface area (Å²) in [5.41, 5.74) is 3.68. The normalized spacial score (nSPS) is 23.4. The van der Waals surface area contributed by atoms with E-state index in [9.17, 15) is 9.90 Å². The monoisotopic (exact) mass is 419 g/mol. The van der Waals surface area contributed by atoms with Gasteiger partial charge in [-0.05, 0) is 37.0 Å². The number of hydrogen-bond acceptors (Lipinski definition) is 4. The number of aliphatic hydroxyl groups excluding tert-OH is 1. The number of aryl methyl sites for hydroxylation is 1. The zero-order chi connectivity index (χ0) is 21.4. The number of amides is 1. The van der Waals surface area contributed by atoms with Crippen molar-refractivity contribution in [2.24, 2.45) is 0 Å². The van der Waals surface area contributed by atoms with E-state index in [1.165, 1.54) is 0 Å². The van der Waals surface area contributed by atoms with Crippen molar-refractivity contribution in [3.05, 3.63) is 71.7 Å². The van der Waals surface area contributed by atoms with Gasteiger partial charge in [0, 0.05) is 38.3 Å². The number of pyridine rings is 1. The number of ether oxygens (including phenoxy) is 1. The molecule has 31 heavy (non-hydrogen) atoms. The number of benzene rings is 1. The van der Waals surface area contributed by atoms with Gasteiger partial charge in [0.15, 0.2) is 0 Å². The van der Waals surface area contributed by atoms with Crippen LogP contribution in [0.4, 0.5) is 0 Å². The first-order valence-electron chi connectivity index (χ1n) is 11.1. The second-order valence-electron chi connectivity index (χ2n) is 8.99. The van der Waals surface area contributed by atoms with Gasteiger partial charge in [0.2, 0.25) is 5.91 Å². The van der Waals surface area contributed by atoms with Crippen LogP contribution in [0.2, 0.25) is 0 Å². The van der Waals surface area contributed by atoms with Gasteiger partial charge in [-0.2, -0.15) is 0 Å². The Kier molecular flexibility index (Phi) is 5.28. The highest BCUT2D eigenvalue weighted by Gasteiger charge is 2.44. The lowest BCUT2D eigenvalue weighted by molar-refractivity contribution is -0.185. The standard InChI is InChI=1S/C25H29N3O3/c1-18-6-5-11-28-20(17-26-24(18)28)14-23(30)27-12-9-25(10-13-27)16-21(29)15-22(31-25)19-7-3-2-4-8-19/h2-8,11,17,21-22,29H,9-10,12-16H2,1H3/t21-,22+/m0/s1. The average molecular weight is 420 g/mol. The van der Waals surface area contributed by atoms with Crippen LogP contribution in [0.1, 0.15) is 48.6 Å². The van der Waals surface area contributed by atoms with Crippen molar-refractivity contribution in [2.45, 2.75) is 56.8 Å². The Morgan fingerprint density at radius 2 is 1.97 bits per heavy atom. The summed E-state index contributed by atoms with van der Waals surface area (Å²) in [6.45, 7) is 3.34. The summed E-state index contributed by atoms with van der Waals surface area (Å²) in [5, 5.41) is 10.6. The molecule has 2 aromatic heterocycles. The number of nitrogens with zero attached hydrogens (tertiary/aromatic N) is 3. The lowest BCUT2D eigenvalue weighted by atomic mass is 9.81. The molecule has 1 N–H and O–H groups in total. The van der Waals surface area contributed by atoms with E-state index in [0.717, 1.165) is 35.3 Å². The number of imidazole rings is 1. The fraction of sp³-hybridized carbons (Fsp3) is 0.440. The lowest BCUT2D eigenvalue weighted by Gasteiger charge is -2.48. The Bertz CT molecular complexity index is 1070. The van der Waals surface area contributed by atoms with Crippen molar-refractivity contribution in [2.75, 3.05) is 13.1 Å². The number of rotatable bonds is 3. The van der Waals surface area contributed by atoms with Crippen molar-refractivity contribution in [3.63, 3.8) is 0 Å². The summed E-state index contributed by atoms with van der Waals surface area (Å²) in [5.74, 6) is 0.120. The number of aromatic nitrogens is 2. The molecule has 1 aromatic carbocycles. The molecule has 2 atom stereocenters. The van der Waals surface area contributed by atoms with Gasteiger partial charge >= 0.3 is 0 Å². The van der Waals surface area contributed by atoms with Gasteiger partial charge in [-0.1, -0.05) is 36.4 Å². The van der Waals surface area contributed by atoms with Crippen LogP contribution in [0.3, 0.4) is 0 Å². The van der Waals surface area contributed by atoms with Gasteiger partial charge in [-0.15, -0.1) is 0 Å². The molecule has 0 saturated carbocycles. The Hall–Kier alpha value is -2.70. The van der Waals surface area contributed by atoms with E-state index in [4.69, 9.17) is 4.74 Å². The minimum absolute atomic E-state index is 0.0893. The molecule has 0 aliphatic carbocycles. The SMILES string of the molecule is Cc1cccn2c(CC(=O)N3CCC4(CC3)C[C@@H](O)C[C@H](c3ccccc3)O4)cnc12. The van der Waals surface area contributed by atoms with E-state index in [1.54, 1.807) is 6.20 Å². The summed E-state index contributed by atoms with van der Waals surface area (Å²) in [7, 11) is 0. The molecule has 162 valence electrons. The predicted octanol–water partition coefficient (Wildman–Crippen LogP) is 3.46. The molecular weight excluding hydrogens is 390 g/mol. The predicted molar refractivity (Wildman–Crippen MR) is 118 cm³/mol. The van der Waals surface area contributed by atoms with Crippen LogP contribution >= 0.6 is 0 Å². The van der Waals surface area contributed by atoms with Gasteiger partial charge in [0.25, 0.3) is 0 Å². The Labute approximate surface area is 182 Å². The molecule has 6 nitrogen and oxygen atoms in total. The minimum Gasteiger partial charge on any atom is -0.393 e. The zero-order valence-corrected chi connectivity index (χ0v) is 17.9. The maximum Gasteiger partial charge on any atom is 0.228 e. The molecule has 1 spiro atoms. The van der Waals surface area contributed by atoms with Crippen LogP contribution in [0.5, 0.6) is 0 Å². The van der Waals surface area contributed by atoms with Gasteiger partial charge in [0.1, 0.15) is 5.65 Å². The van der Waals surface area contributed by atoms with E-state index in [1.807, 2.05) is 52.8 Å². The van der Waals surface area contributed by atoms with Crippen LogP contribution in [-0.2, 0) is 16.0 Å². The lowest BCUT2D eigenvalue weighted by Crippen LogP contribution is -2.52. The summed E-state index contributed by atoms with van der Waals surface area (Å²) < 4.78 is 8.57. The third-order valence-corrected chi connectivity index (χ3v) is 6.82. The van der Waals surface area contributed by atoms with E-state index >= 15 is 0 Å². The molecule has 2 aliphatic rings. The van der Waals surface area contributed by atoms with E-state index in [0.29, 0.717) is 32.4 Å². The number of hydrogen-bond donors (Lipinski definition) is 1. The molecular formula is C25H29N3O3. The molecule has 0 bridgehead atoms. The molecule has 1 amide bonds. The Balaban J connectivity index is 1.25. The maximum atomic E-state index is 13.0. The minimum atomic E-state index is -0.373. The first kappa shape index (κ1) is 20.2. The molecule has 0 unspecified atom stereocenters. The fourth-order valence-corrected chi connectivity index (χ4v) is 5.12. The number of carbonyl (C=O) groups excluding carboxylic acids is 1. The van der Waals surface area contributed by atoms with Gasteiger partial charge in [0.05, 0.1) is 29.9 Å². The molecule has 6 heteroatoms. The number of carbonyl (C=O) groups is 1. The second kappa shape index (κ2) is 8.09. The highest BCUT2D eigenvalue weighted by molar-refractivity contribution is 5.78. The molecule has 5 rings (SSSR count). The first-order valence-corrected chi connectivity index (χ1v) is 11.1. The van der Waals surface area contributed by atoms with E-state index < -0.39 is 0 Å². The quantitative estimate of drug-likeness (QED) is 0.706. The smallest absolute Gasteiger partial charge is 0.228 e. The summed E-state index contributed by atoms with van der Waals surface area (Å²) in [6.07, 6.45) is 6.43. The molecule has 4 heterocycles. The summed E-state index contributed by atoms with van der Waals surface area (Å²) >= 11 is 0. The van der Waals surface area contributed by atoms with Crippen molar-refractivity contribution in [1.82, 2.24) is 14.3 Å². The first-order chi connectivity index (χ1) is 15.0. The Morgan fingerprint density at radius 1 is 1.19 bits per heavy atom. The number of piperidine rings is 1. The average Bonchev–Trinajstić information content (AvgIpc) is 3.18. The maximum absolute atomic E-state index is 13.0. The highest BCUT2D eigenvalue weighted by Crippen LogP contribution is 2.43. The van der Waals surface area contributed by atoms with Gasteiger partial charge in [-0.3, -0.25) is 4.79 Å². The molecule has 2 aliphatic heterocycles. The molecule has 0 radical (unpaired) electrons. The van der Waals surface area contributed by atoms with Gasteiger partial charge < -0.3 is 19.1 Å². The second-order valence-corrected chi connectivity index (χ2v) is 8.99. The number of likely N-dealkylation sites (tertiary alicyclic amines) is 1. The Morgan fingerprint density at radius 3 is 2.74 bits per heavy atom. The summed E-state index contributed by atoms with van der Waals surface area (Å²) in [6, 6.07) is 14.1. The van der Waals surface area contributed by atoms with Crippen molar-refractivity contribution in [3.8, 4) is 0 Å². The molecule has 2 saturated heterocycles. The van der Waals surface area contributed by atoms with E-state index in [2.05, 4.69) is 17.1 Å². The largest absolute Gasteiger partial charge is 0.393 e. The van der Waals surface area contributed by atoms with Crippen LogP contribution in [0.25, 0.3) is 5.65 Å². The number of aliphatic hydroxyl groups is 1. The molecule has 2 fully saturated rings. The third kappa shape index (κ3) is 3.98. The van der Waals surface area contributed by atoms with Crippen LogP contribution in [0, 0.1) is 6.92 Å². The molecule has 3 aromatic rings. The fourth-order valence-electron chi connectivity index (χ4n) is 5.12. The van der Waals surface area contributed by atoms with E-state index in [-0.39, 0.29) is 23.7 Å². The van der Waals surface area contributed by atoms with Crippen LogP contribution in [-0.4, -0.2) is 50.1 Å². The topological polar surface area (TPSA) is 67.1 Å². The van der Waals surface area contributed by atoms with Crippen molar-refractivity contribution < 1.29 is 14.6 Å². The van der Waals surface area contributed by atoms with Gasteiger partial charge in [-0.25, -0.2) is 4.98 Å². The summed E-state index contributed by atoms with van der Waals surface area (Å²) in [4.78, 5) is 19.4. The van der Waals surface area contributed by atoms with Crippen LogP contribution in [0.15, 0.2) is 54.9 Å². The number of fused-ring (bicyclic) bond motifs is 1.